The van der Waals surface area contributed by atoms with E-state index in [-0.39, 0.29) is 29.7 Å². The lowest BCUT2D eigenvalue weighted by molar-refractivity contribution is -0.147. The van der Waals surface area contributed by atoms with E-state index in [0.717, 1.165) is 57.8 Å². The molecule has 0 aromatic carbocycles. The number of hydrogen-bond acceptors (Lipinski definition) is 5. The number of nitrogens with one attached hydrogen (secondary N) is 2. The molecule has 0 aromatic heterocycles. The molecule has 198 valence electrons. The Bertz CT molecular complexity index is 773. The molecule has 35 heavy (non-hydrogen) atoms. The molecule has 0 spiro atoms. The van der Waals surface area contributed by atoms with Gasteiger partial charge in [0.2, 0.25) is 11.8 Å². The number of hydrogen-bond donors (Lipinski definition) is 2. The molecular formula is C28H47N3O4. The second kappa shape index (κ2) is 11.6. The smallest absolute Gasteiger partial charge is 0.308 e. The highest BCUT2D eigenvalue weighted by atomic mass is 16.5. The number of piperidine rings is 1. The predicted octanol–water partition coefficient (Wildman–Crippen LogP) is 3.80. The fraction of sp³-hybridized carbons (Fsp3) is 0.893. The van der Waals surface area contributed by atoms with E-state index in [0.29, 0.717) is 41.9 Å². The standard InChI is InChI=1S/C28H47N3O4/c1-17-13-26(30-24-10-6-8-22(15-24)28(34)35-4)25-16-21(11-12-27(25)31(17)19(3)33)20-7-5-9-23(14-20)29-18(2)32/h17,20-27,30H,5-16H2,1-4H3,(H,29,32)/t17-,20?,21?,22?,23?,24?,25?,26+,27?/m0/s1. The van der Waals surface area contributed by atoms with Gasteiger partial charge in [0.15, 0.2) is 0 Å². The number of fused-ring (bicyclic) bond motifs is 1. The van der Waals surface area contributed by atoms with Gasteiger partial charge < -0.3 is 20.3 Å². The van der Waals surface area contributed by atoms with Crippen molar-refractivity contribution >= 4 is 17.8 Å². The van der Waals surface area contributed by atoms with Gasteiger partial charge in [-0.05, 0) is 82.5 Å². The van der Waals surface area contributed by atoms with Gasteiger partial charge in [0, 0.05) is 44.1 Å². The monoisotopic (exact) mass is 489 g/mol. The Morgan fingerprint density at radius 2 is 1.54 bits per heavy atom. The molecule has 3 aliphatic carbocycles. The third-order valence-corrected chi connectivity index (χ3v) is 9.66. The van der Waals surface area contributed by atoms with Crippen LogP contribution in [-0.2, 0) is 19.1 Å². The number of carbonyl (C=O) groups excluding carboxylic acids is 3. The zero-order valence-electron chi connectivity index (χ0n) is 22.3. The zero-order chi connectivity index (χ0) is 25.1. The molecule has 0 aromatic rings. The van der Waals surface area contributed by atoms with Crippen LogP contribution in [0.4, 0.5) is 0 Å². The summed E-state index contributed by atoms with van der Waals surface area (Å²) in [6, 6.07) is 1.58. The molecule has 3 saturated carbocycles. The molecule has 2 N–H and O–H groups in total. The predicted molar refractivity (Wildman–Crippen MR) is 135 cm³/mol. The van der Waals surface area contributed by atoms with Crippen LogP contribution in [-0.4, -0.2) is 60.0 Å². The van der Waals surface area contributed by atoms with Crippen LogP contribution in [0.3, 0.4) is 0 Å². The van der Waals surface area contributed by atoms with Crippen molar-refractivity contribution in [3.8, 4) is 0 Å². The summed E-state index contributed by atoms with van der Waals surface area (Å²) < 4.78 is 5.05. The maximum atomic E-state index is 12.7. The molecule has 4 rings (SSSR count). The molecule has 0 bridgehead atoms. The van der Waals surface area contributed by atoms with E-state index in [1.807, 2.05) is 0 Å². The van der Waals surface area contributed by atoms with E-state index >= 15 is 0 Å². The van der Waals surface area contributed by atoms with Crippen molar-refractivity contribution < 1.29 is 19.1 Å². The molecule has 1 aliphatic heterocycles. The summed E-state index contributed by atoms with van der Waals surface area (Å²) in [7, 11) is 1.49. The Kier molecular flexibility index (Phi) is 8.77. The molecule has 2 amide bonds. The first-order valence-corrected chi connectivity index (χ1v) is 14.2. The maximum absolute atomic E-state index is 12.7. The van der Waals surface area contributed by atoms with Crippen LogP contribution in [0, 0.1) is 23.7 Å². The van der Waals surface area contributed by atoms with E-state index < -0.39 is 0 Å². The summed E-state index contributed by atoms with van der Waals surface area (Å²) in [4.78, 5) is 38.7. The average Bonchev–Trinajstić information content (AvgIpc) is 2.83. The quantitative estimate of drug-likeness (QED) is 0.574. The van der Waals surface area contributed by atoms with Gasteiger partial charge in [0.25, 0.3) is 0 Å². The normalized spacial score (nSPS) is 39.9. The molecule has 1 heterocycles. The SMILES string of the molecule is COC(=O)C1CCCC(N[C@@H]2C[C@H](C)N(C(C)=O)C3CCC(C4CCCC(NC(C)=O)C4)CC32)C1. The lowest BCUT2D eigenvalue weighted by Crippen LogP contribution is -2.63. The van der Waals surface area contributed by atoms with Gasteiger partial charge in [-0.2, -0.15) is 0 Å². The molecule has 1 saturated heterocycles. The third kappa shape index (κ3) is 6.20. The Labute approximate surface area is 211 Å². The van der Waals surface area contributed by atoms with Crippen LogP contribution in [0.25, 0.3) is 0 Å². The van der Waals surface area contributed by atoms with E-state index in [9.17, 15) is 14.4 Å². The number of rotatable bonds is 5. The topological polar surface area (TPSA) is 87.7 Å². The van der Waals surface area contributed by atoms with E-state index in [4.69, 9.17) is 4.74 Å². The van der Waals surface area contributed by atoms with Crippen molar-refractivity contribution in [1.29, 1.82) is 0 Å². The second-order valence-corrected chi connectivity index (χ2v) is 12.0. The van der Waals surface area contributed by atoms with Gasteiger partial charge in [0.1, 0.15) is 0 Å². The molecule has 4 aliphatic rings. The number of esters is 1. The molecule has 0 radical (unpaired) electrons. The van der Waals surface area contributed by atoms with E-state index in [1.54, 1.807) is 13.8 Å². The van der Waals surface area contributed by atoms with Crippen molar-refractivity contribution in [2.75, 3.05) is 7.11 Å². The number of nitrogens with zero attached hydrogens (tertiary/aromatic N) is 1. The van der Waals surface area contributed by atoms with Crippen molar-refractivity contribution in [2.45, 2.75) is 128 Å². The highest BCUT2D eigenvalue weighted by Crippen LogP contribution is 2.46. The number of ether oxygens (including phenoxy) is 1. The number of likely N-dealkylation sites (tertiary alicyclic amines) is 1. The highest BCUT2D eigenvalue weighted by molar-refractivity contribution is 5.74. The maximum Gasteiger partial charge on any atom is 0.308 e. The largest absolute Gasteiger partial charge is 0.469 e. The summed E-state index contributed by atoms with van der Waals surface area (Å²) in [5, 5.41) is 7.19. The second-order valence-electron chi connectivity index (χ2n) is 12.0. The van der Waals surface area contributed by atoms with Crippen molar-refractivity contribution in [3.05, 3.63) is 0 Å². The first kappa shape index (κ1) is 26.4. The lowest BCUT2D eigenvalue weighted by Gasteiger charge is -2.54. The van der Waals surface area contributed by atoms with E-state index in [1.165, 1.54) is 26.4 Å². The molecule has 7 nitrogen and oxygen atoms in total. The molecular weight excluding hydrogens is 442 g/mol. The van der Waals surface area contributed by atoms with Crippen LogP contribution in [0.5, 0.6) is 0 Å². The Morgan fingerprint density at radius 3 is 2.26 bits per heavy atom. The minimum atomic E-state index is -0.0714. The van der Waals surface area contributed by atoms with Crippen molar-refractivity contribution in [1.82, 2.24) is 15.5 Å². The molecule has 7 heteroatoms. The Hall–Kier alpha value is -1.63. The number of methoxy groups -OCH3 is 1. The highest BCUT2D eigenvalue weighted by Gasteiger charge is 2.47. The van der Waals surface area contributed by atoms with Crippen LogP contribution in [0.15, 0.2) is 0 Å². The van der Waals surface area contributed by atoms with Gasteiger partial charge in [-0.25, -0.2) is 0 Å². The molecule has 9 atom stereocenters. The van der Waals surface area contributed by atoms with Crippen LogP contribution >= 0.6 is 0 Å². The lowest BCUT2D eigenvalue weighted by atomic mass is 9.64. The Morgan fingerprint density at radius 1 is 0.829 bits per heavy atom. The van der Waals surface area contributed by atoms with Gasteiger partial charge in [-0.15, -0.1) is 0 Å². The van der Waals surface area contributed by atoms with Gasteiger partial charge in [-0.1, -0.05) is 19.3 Å². The minimum absolute atomic E-state index is 0.00355. The van der Waals surface area contributed by atoms with E-state index in [2.05, 4.69) is 22.5 Å². The summed E-state index contributed by atoms with van der Waals surface area (Å²) in [6.45, 7) is 5.56. The van der Waals surface area contributed by atoms with Gasteiger partial charge >= 0.3 is 5.97 Å². The summed E-state index contributed by atoms with van der Waals surface area (Å²) >= 11 is 0. The average molecular weight is 490 g/mol. The number of amides is 2. The summed E-state index contributed by atoms with van der Waals surface area (Å²) in [5.74, 6) is 1.99. The van der Waals surface area contributed by atoms with Gasteiger partial charge in [-0.3, -0.25) is 14.4 Å². The summed E-state index contributed by atoms with van der Waals surface area (Å²) in [6.07, 6.45) is 13.0. The molecule has 7 unspecified atom stereocenters. The summed E-state index contributed by atoms with van der Waals surface area (Å²) in [5.41, 5.74) is 0. The van der Waals surface area contributed by atoms with Crippen LogP contribution in [0.1, 0.15) is 97.8 Å². The zero-order valence-corrected chi connectivity index (χ0v) is 22.3. The minimum Gasteiger partial charge on any atom is -0.469 e. The van der Waals surface area contributed by atoms with Crippen LogP contribution < -0.4 is 10.6 Å². The fourth-order valence-corrected chi connectivity index (χ4v) is 8.25. The van der Waals surface area contributed by atoms with Crippen molar-refractivity contribution in [3.63, 3.8) is 0 Å². The Balaban J connectivity index is 1.46. The number of carbonyl (C=O) groups is 3. The fourth-order valence-electron chi connectivity index (χ4n) is 8.25. The van der Waals surface area contributed by atoms with Crippen LogP contribution in [0.2, 0.25) is 0 Å². The van der Waals surface area contributed by atoms with Crippen molar-refractivity contribution in [2.24, 2.45) is 23.7 Å². The van der Waals surface area contributed by atoms with Gasteiger partial charge in [0.05, 0.1) is 13.0 Å². The molecule has 4 fully saturated rings. The first-order valence-electron chi connectivity index (χ1n) is 14.2. The third-order valence-electron chi connectivity index (χ3n) is 9.66. The first-order chi connectivity index (χ1) is 16.8.